The number of anilines is 1. The minimum absolute atomic E-state index is 0.159. The number of esters is 1. The van der Waals surface area contributed by atoms with E-state index in [1.54, 1.807) is 76.2 Å². The number of carboxylic acids is 1. The Kier molecular flexibility index (Phi) is 9.00. The summed E-state index contributed by atoms with van der Waals surface area (Å²) in [5, 5.41) is 23.1. The van der Waals surface area contributed by atoms with Crippen molar-refractivity contribution < 1.29 is 33.7 Å². The summed E-state index contributed by atoms with van der Waals surface area (Å²) in [5.41, 5.74) is 0.492. The number of carbonyl (C=O) groups excluding carboxylic acids is 2. The molecule has 0 spiro atoms. The van der Waals surface area contributed by atoms with Gasteiger partial charge in [0, 0.05) is 16.8 Å². The monoisotopic (exact) mass is 471 g/mol. The van der Waals surface area contributed by atoms with E-state index in [9.17, 15) is 19.5 Å². The Balaban J connectivity index is 2.12. The molecule has 10 heteroatoms. The smallest absolute Gasteiger partial charge is 0.413 e. The number of amidine groups is 1. The number of hydrogen-bond acceptors (Lipinski definition) is 8. The summed E-state index contributed by atoms with van der Waals surface area (Å²) in [6.45, 7) is 6.69. The maximum absolute atomic E-state index is 12.0. The lowest BCUT2D eigenvalue weighted by Gasteiger charge is -2.20. The summed E-state index contributed by atoms with van der Waals surface area (Å²) < 4.78 is 15.5. The number of ether oxygens (including phenoxy) is 3. The number of alkyl carbamates (subject to hydrolysis) is 1. The molecule has 0 aliphatic rings. The first-order valence-corrected chi connectivity index (χ1v) is 10.6. The number of para-hydroxylation sites is 1. The van der Waals surface area contributed by atoms with Crippen LogP contribution in [0.4, 0.5) is 10.5 Å². The first kappa shape index (κ1) is 26.2. The zero-order chi connectivity index (χ0) is 25.3. The van der Waals surface area contributed by atoms with E-state index in [-0.39, 0.29) is 24.8 Å². The zero-order valence-electron chi connectivity index (χ0n) is 19.5. The average molecular weight is 472 g/mol. The van der Waals surface area contributed by atoms with Crippen LogP contribution in [0, 0.1) is 5.41 Å². The largest absolute Gasteiger partial charge is 0.482 e. The van der Waals surface area contributed by atoms with Crippen LogP contribution in [-0.2, 0) is 19.1 Å². The van der Waals surface area contributed by atoms with Gasteiger partial charge in [-0.2, -0.15) is 0 Å². The fourth-order valence-corrected chi connectivity index (χ4v) is 2.84. The van der Waals surface area contributed by atoms with Crippen molar-refractivity contribution >= 4 is 29.6 Å². The van der Waals surface area contributed by atoms with E-state index >= 15 is 0 Å². The average Bonchev–Trinajstić information content (AvgIpc) is 2.75. The van der Waals surface area contributed by atoms with Crippen LogP contribution in [0.3, 0.4) is 0 Å². The molecular formula is C24H29N3O7. The van der Waals surface area contributed by atoms with Gasteiger partial charge in [-0.15, -0.1) is 0 Å². The Bertz CT molecular complexity index is 1030. The molecule has 182 valence electrons. The van der Waals surface area contributed by atoms with Gasteiger partial charge in [0.25, 0.3) is 0 Å². The Morgan fingerprint density at radius 3 is 2.29 bits per heavy atom. The van der Waals surface area contributed by atoms with Crippen molar-refractivity contribution in [1.29, 1.82) is 5.41 Å². The SMILES string of the molecule is CCOC(=O)COc1ccccc1C(Nc1ccc(C(=N)NC(=O)OC(C)(C)C)cc1)C(=O)O. The number of carbonyl (C=O) groups is 3. The lowest BCUT2D eigenvalue weighted by Crippen LogP contribution is -2.36. The summed E-state index contributed by atoms with van der Waals surface area (Å²) >= 11 is 0. The molecule has 0 heterocycles. The third kappa shape index (κ3) is 8.12. The molecule has 0 aliphatic heterocycles. The molecule has 0 saturated heterocycles. The van der Waals surface area contributed by atoms with E-state index in [1.807, 2.05) is 0 Å². The van der Waals surface area contributed by atoms with Gasteiger partial charge in [-0.3, -0.25) is 10.7 Å². The first-order chi connectivity index (χ1) is 16.0. The van der Waals surface area contributed by atoms with Gasteiger partial charge < -0.3 is 24.6 Å². The third-order valence-corrected chi connectivity index (χ3v) is 4.24. The molecule has 1 amide bonds. The van der Waals surface area contributed by atoms with Gasteiger partial charge in [0.05, 0.1) is 6.61 Å². The van der Waals surface area contributed by atoms with Gasteiger partial charge >= 0.3 is 18.0 Å². The molecule has 34 heavy (non-hydrogen) atoms. The third-order valence-electron chi connectivity index (χ3n) is 4.24. The number of carboxylic acid groups (broad SMARTS) is 1. The predicted molar refractivity (Wildman–Crippen MR) is 125 cm³/mol. The van der Waals surface area contributed by atoms with E-state index < -0.39 is 29.7 Å². The molecule has 2 aromatic rings. The Morgan fingerprint density at radius 2 is 1.71 bits per heavy atom. The molecule has 1 atom stereocenters. The van der Waals surface area contributed by atoms with Gasteiger partial charge in [-0.05, 0) is 58.0 Å². The van der Waals surface area contributed by atoms with Crippen LogP contribution in [0.25, 0.3) is 0 Å². The van der Waals surface area contributed by atoms with Crippen molar-refractivity contribution in [3.05, 3.63) is 59.7 Å². The molecule has 0 saturated carbocycles. The van der Waals surface area contributed by atoms with Crippen molar-refractivity contribution in [2.45, 2.75) is 39.3 Å². The fourth-order valence-electron chi connectivity index (χ4n) is 2.84. The normalized spacial score (nSPS) is 11.6. The van der Waals surface area contributed by atoms with E-state index in [4.69, 9.17) is 19.6 Å². The number of amides is 1. The molecule has 2 aromatic carbocycles. The highest BCUT2D eigenvalue weighted by atomic mass is 16.6. The number of nitrogens with one attached hydrogen (secondary N) is 3. The second-order valence-corrected chi connectivity index (χ2v) is 8.13. The van der Waals surface area contributed by atoms with Crippen molar-refractivity contribution in [3.8, 4) is 5.75 Å². The predicted octanol–water partition coefficient (Wildman–Crippen LogP) is 3.72. The molecule has 0 radical (unpaired) electrons. The Labute approximate surface area is 197 Å². The van der Waals surface area contributed by atoms with Gasteiger partial charge in [0.1, 0.15) is 17.2 Å². The van der Waals surface area contributed by atoms with Crippen LogP contribution in [0.2, 0.25) is 0 Å². The lowest BCUT2D eigenvalue weighted by molar-refractivity contribution is -0.145. The molecule has 4 N–H and O–H groups in total. The summed E-state index contributed by atoms with van der Waals surface area (Å²) in [7, 11) is 0. The molecule has 0 aliphatic carbocycles. The second-order valence-electron chi connectivity index (χ2n) is 8.13. The van der Waals surface area contributed by atoms with Gasteiger partial charge in [-0.25, -0.2) is 14.4 Å². The molecule has 0 fully saturated rings. The summed E-state index contributed by atoms with van der Waals surface area (Å²) in [6.07, 6.45) is -0.745. The highest BCUT2D eigenvalue weighted by Crippen LogP contribution is 2.28. The van der Waals surface area contributed by atoms with Crippen LogP contribution in [-0.4, -0.2) is 47.8 Å². The van der Waals surface area contributed by atoms with E-state index in [1.165, 1.54) is 0 Å². The van der Waals surface area contributed by atoms with Crippen LogP contribution in [0.1, 0.15) is 44.9 Å². The number of hydrogen-bond donors (Lipinski definition) is 4. The topological polar surface area (TPSA) is 147 Å². The Hall–Kier alpha value is -4.08. The van der Waals surface area contributed by atoms with Crippen LogP contribution in [0.15, 0.2) is 48.5 Å². The minimum atomic E-state index is -1.18. The van der Waals surface area contributed by atoms with Crippen molar-refractivity contribution in [1.82, 2.24) is 5.32 Å². The van der Waals surface area contributed by atoms with E-state index in [0.29, 0.717) is 16.8 Å². The van der Waals surface area contributed by atoms with Crippen LogP contribution >= 0.6 is 0 Å². The lowest BCUT2D eigenvalue weighted by atomic mass is 10.0. The van der Waals surface area contributed by atoms with Crippen molar-refractivity contribution in [2.75, 3.05) is 18.5 Å². The summed E-state index contributed by atoms with van der Waals surface area (Å²) in [6, 6.07) is 11.6. The molecular weight excluding hydrogens is 442 g/mol. The molecule has 0 aromatic heterocycles. The second kappa shape index (κ2) is 11.7. The first-order valence-electron chi connectivity index (χ1n) is 10.6. The highest BCUT2D eigenvalue weighted by Gasteiger charge is 2.24. The maximum Gasteiger partial charge on any atom is 0.413 e. The standard InChI is InChI=1S/C24H29N3O7/c1-5-32-19(28)14-33-18-9-7-6-8-17(18)20(22(29)30)26-16-12-10-15(11-13-16)21(25)27-23(31)34-24(2,3)4/h6-13,20,26H,5,14H2,1-4H3,(H,29,30)(H2,25,27,31). The van der Waals surface area contributed by atoms with Crippen LogP contribution in [0.5, 0.6) is 5.75 Å². The molecule has 1 unspecified atom stereocenters. The molecule has 0 bridgehead atoms. The van der Waals surface area contributed by atoms with Crippen LogP contribution < -0.4 is 15.4 Å². The van der Waals surface area contributed by atoms with Gasteiger partial charge in [0.2, 0.25) is 0 Å². The quantitative estimate of drug-likeness (QED) is 0.246. The number of rotatable bonds is 9. The highest BCUT2D eigenvalue weighted by molar-refractivity contribution is 6.04. The maximum atomic E-state index is 12.0. The fraction of sp³-hybridized carbons (Fsp3) is 0.333. The Morgan fingerprint density at radius 1 is 1.06 bits per heavy atom. The minimum Gasteiger partial charge on any atom is -0.482 e. The van der Waals surface area contributed by atoms with E-state index in [0.717, 1.165) is 0 Å². The number of benzene rings is 2. The van der Waals surface area contributed by atoms with Crippen molar-refractivity contribution in [2.24, 2.45) is 0 Å². The van der Waals surface area contributed by atoms with E-state index in [2.05, 4.69) is 10.6 Å². The van der Waals surface area contributed by atoms with Crippen molar-refractivity contribution in [3.63, 3.8) is 0 Å². The summed E-state index contributed by atoms with van der Waals surface area (Å²) in [5.74, 6) is -1.64. The van der Waals surface area contributed by atoms with Gasteiger partial charge in [0.15, 0.2) is 12.6 Å². The molecule has 2 rings (SSSR count). The van der Waals surface area contributed by atoms with Gasteiger partial charge in [-0.1, -0.05) is 18.2 Å². The summed E-state index contributed by atoms with van der Waals surface area (Å²) in [4.78, 5) is 35.5. The zero-order valence-corrected chi connectivity index (χ0v) is 19.5. The molecule has 10 nitrogen and oxygen atoms in total. The number of aliphatic carboxylic acids is 1.